The fourth-order valence-electron chi connectivity index (χ4n) is 2.64. The normalized spacial score (nSPS) is 13.7. The van der Waals surface area contributed by atoms with Gasteiger partial charge in [0.1, 0.15) is 5.75 Å². The third-order valence-electron chi connectivity index (χ3n) is 4.15. The summed E-state index contributed by atoms with van der Waals surface area (Å²) < 4.78 is 83.4. The number of carbonyl (C=O) groups excluding carboxylic acids is 1. The van der Waals surface area contributed by atoms with Gasteiger partial charge in [-0.15, -0.1) is 11.3 Å². The van der Waals surface area contributed by atoms with Gasteiger partial charge in [-0.25, -0.2) is 0 Å². The van der Waals surface area contributed by atoms with Gasteiger partial charge in [0, 0.05) is 17.6 Å². The minimum absolute atomic E-state index is 0.186. The molecule has 2 rings (SSSR count). The molecule has 4 nitrogen and oxygen atoms in total. The molecule has 0 radical (unpaired) electrons. The van der Waals surface area contributed by atoms with Crippen LogP contribution in [0.25, 0.3) is 0 Å². The smallest absolute Gasteiger partial charge is 0.422 e. The highest BCUT2D eigenvalue weighted by Gasteiger charge is 2.33. The minimum Gasteiger partial charge on any atom is -0.483 e. The van der Waals surface area contributed by atoms with Gasteiger partial charge in [-0.2, -0.15) is 31.3 Å². The van der Waals surface area contributed by atoms with Crippen LogP contribution in [0, 0.1) is 5.92 Å². The molecule has 0 aliphatic heterocycles. The van der Waals surface area contributed by atoms with Gasteiger partial charge in [0.25, 0.3) is 5.91 Å². The van der Waals surface area contributed by atoms with Crippen molar-refractivity contribution in [1.29, 1.82) is 0 Å². The molecule has 11 heteroatoms. The molecule has 1 heterocycles. The van der Waals surface area contributed by atoms with Crippen LogP contribution in [-0.2, 0) is 18.1 Å². The maximum absolute atomic E-state index is 13.1. The van der Waals surface area contributed by atoms with Crippen molar-refractivity contribution in [2.45, 2.75) is 58.9 Å². The molecule has 0 unspecified atom stereocenters. The van der Waals surface area contributed by atoms with E-state index in [1.54, 1.807) is 4.57 Å². The number of alkyl halides is 6. The topological polar surface area (TPSA) is 43.6 Å². The molecule has 0 spiro atoms. The van der Waals surface area contributed by atoms with Gasteiger partial charge in [-0.3, -0.25) is 4.79 Å². The maximum Gasteiger partial charge on any atom is 0.422 e. The summed E-state index contributed by atoms with van der Waals surface area (Å²) in [5, 5.41) is 0. The van der Waals surface area contributed by atoms with Gasteiger partial charge in [0.2, 0.25) is 0 Å². The van der Waals surface area contributed by atoms with E-state index in [-0.39, 0.29) is 16.1 Å². The average molecular weight is 482 g/mol. The summed E-state index contributed by atoms with van der Waals surface area (Å²) in [6.45, 7) is 8.52. The Kier molecular flexibility index (Phi) is 7.53. The number of carbonyl (C=O) groups is 1. The summed E-state index contributed by atoms with van der Waals surface area (Å²) in [6, 6.07) is 1.72. The first-order valence-corrected chi connectivity index (χ1v) is 10.5. The highest BCUT2D eigenvalue weighted by atomic mass is 32.1. The number of hydrogen-bond donors (Lipinski definition) is 0. The van der Waals surface area contributed by atoms with Gasteiger partial charge in [-0.05, 0) is 29.5 Å². The zero-order valence-corrected chi connectivity index (χ0v) is 19.0. The van der Waals surface area contributed by atoms with Crippen LogP contribution in [0.1, 0.15) is 55.4 Å². The van der Waals surface area contributed by atoms with Crippen LogP contribution in [-0.4, -0.2) is 23.3 Å². The molecular formula is C21H24F6N2O2S. The number of ether oxygens (including phenoxy) is 1. The standard InChI is InChI=1S/C21H24F6N2O2S/c1-12(2)9-29-10-16(19(3,4)5)32-18(29)28-17(30)14-8-13(21(25,26)27)6-7-15(14)31-11-20(22,23)24/h6-8,10,12H,9,11H2,1-5H3. The van der Waals surface area contributed by atoms with E-state index in [4.69, 9.17) is 0 Å². The summed E-state index contributed by atoms with van der Waals surface area (Å²) in [4.78, 5) is 17.9. The zero-order chi connectivity index (χ0) is 24.5. The number of nitrogens with zero attached hydrogens (tertiary/aromatic N) is 2. The third kappa shape index (κ3) is 7.11. The van der Waals surface area contributed by atoms with E-state index in [1.807, 2.05) is 40.8 Å². The van der Waals surface area contributed by atoms with E-state index >= 15 is 0 Å². The number of thiazole rings is 1. The Labute approximate surface area is 185 Å². The number of benzene rings is 1. The van der Waals surface area contributed by atoms with E-state index in [9.17, 15) is 31.1 Å². The number of aromatic nitrogens is 1. The Balaban J connectivity index is 2.60. The molecule has 0 bridgehead atoms. The molecule has 1 amide bonds. The lowest BCUT2D eigenvalue weighted by Gasteiger charge is -2.14. The summed E-state index contributed by atoms with van der Waals surface area (Å²) >= 11 is 1.20. The van der Waals surface area contributed by atoms with Crippen molar-refractivity contribution in [3.05, 3.63) is 45.2 Å². The van der Waals surface area contributed by atoms with Crippen molar-refractivity contribution in [3.8, 4) is 5.75 Å². The predicted molar refractivity (Wildman–Crippen MR) is 109 cm³/mol. The Morgan fingerprint density at radius 2 is 1.75 bits per heavy atom. The SMILES string of the molecule is CC(C)Cn1cc(C(C)(C)C)sc1=NC(=O)c1cc(C(F)(F)F)ccc1OCC(F)(F)F. The van der Waals surface area contributed by atoms with E-state index in [0.717, 1.165) is 4.88 Å². The molecule has 32 heavy (non-hydrogen) atoms. The fourth-order valence-corrected chi connectivity index (χ4v) is 3.70. The van der Waals surface area contributed by atoms with Crippen molar-refractivity contribution in [3.63, 3.8) is 0 Å². The van der Waals surface area contributed by atoms with Crippen LogP contribution in [0.5, 0.6) is 5.75 Å². The number of hydrogen-bond acceptors (Lipinski definition) is 3. The van der Waals surface area contributed by atoms with Crippen LogP contribution in [0.2, 0.25) is 0 Å². The zero-order valence-electron chi connectivity index (χ0n) is 18.2. The average Bonchev–Trinajstić information content (AvgIpc) is 3.00. The molecule has 0 fully saturated rings. The van der Waals surface area contributed by atoms with E-state index in [2.05, 4.69) is 9.73 Å². The first kappa shape index (κ1) is 26.0. The van der Waals surface area contributed by atoms with Crippen LogP contribution in [0.15, 0.2) is 29.4 Å². The maximum atomic E-state index is 13.1. The Hall–Kier alpha value is -2.30. The molecule has 0 aliphatic rings. The molecule has 0 atom stereocenters. The van der Waals surface area contributed by atoms with E-state index in [1.165, 1.54) is 11.3 Å². The lowest BCUT2D eigenvalue weighted by atomic mass is 9.95. The molecule has 1 aromatic heterocycles. The molecule has 0 saturated carbocycles. The van der Waals surface area contributed by atoms with Gasteiger partial charge in [0.05, 0.1) is 11.1 Å². The lowest BCUT2D eigenvalue weighted by Crippen LogP contribution is -2.21. The molecule has 2 aromatic rings. The second-order valence-corrected chi connectivity index (χ2v) is 9.71. The summed E-state index contributed by atoms with van der Waals surface area (Å²) in [6.07, 6.45) is -7.70. The molecule has 0 aliphatic carbocycles. The minimum atomic E-state index is -4.79. The summed E-state index contributed by atoms with van der Waals surface area (Å²) in [5.41, 5.74) is -2.14. The Bertz CT molecular complexity index is 1030. The molecule has 1 aromatic carbocycles. The number of rotatable bonds is 5. The van der Waals surface area contributed by atoms with Crippen molar-refractivity contribution >= 4 is 17.2 Å². The van der Waals surface area contributed by atoms with Crippen LogP contribution < -0.4 is 9.54 Å². The van der Waals surface area contributed by atoms with Gasteiger partial charge in [0.15, 0.2) is 11.4 Å². The highest BCUT2D eigenvalue weighted by molar-refractivity contribution is 7.09. The fraction of sp³-hybridized carbons (Fsp3) is 0.524. The first-order valence-electron chi connectivity index (χ1n) is 9.68. The van der Waals surface area contributed by atoms with Crippen LogP contribution in [0.3, 0.4) is 0 Å². The first-order chi connectivity index (χ1) is 14.5. The second kappa shape index (κ2) is 9.29. The van der Waals surface area contributed by atoms with Crippen molar-refractivity contribution in [2.75, 3.05) is 6.61 Å². The van der Waals surface area contributed by atoms with Crippen molar-refractivity contribution in [2.24, 2.45) is 10.9 Å². The van der Waals surface area contributed by atoms with Crippen molar-refractivity contribution in [1.82, 2.24) is 4.57 Å². The van der Waals surface area contributed by atoms with E-state index < -0.39 is 41.7 Å². The summed E-state index contributed by atoms with van der Waals surface area (Å²) in [7, 11) is 0. The molecule has 178 valence electrons. The van der Waals surface area contributed by atoms with Crippen molar-refractivity contribution < 1.29 is 35.9 Å². The van der Waals surface area contributed by atoms with Crippen LogP contribution in [0.4, 0.5) is 26.3 Å². The Morgan fingerprint density at radius 1 is 1.12 bits per heavy atom. The molecule has 0 saturated heterocycles. The highest BCUT2D eigenvalue weighted by Crippen LogP contribution is 2.33. The lowest BCUT2D eigenvalue weighted by molar-refractivity contribution is -0.153. The second-order valence-electron chi connectivity index (χ2n) is 8.70. The number of amides is 1. The molecular weight excluding hydrogens is 458 g/mol. The summed E-state index contributed by atoms with van der Waals surface area (Å²) in [5.74, 6) is -1.55. The van der Waals surface area contributed by atoms with E-state index in [0.29, 0.717) is 24.7 Å². The monoisotopic (exact) mass is 482 g/mol. The Morgan fingerprint density at radius 3 is 2.25 bits per heavy atom. The quantitative estimate of drug-likeness (QED) is 0.476. The van der Waals surface area contributed by atoms with Crippen LogP contribution >= 0.6 is 11.3 Å². The third-order valence-corrected chi connectivity index (χ3v) is 5.59. The molecule has 0 N–H and O–H groups in total. The largest absolute Gasteiger partial charge is 0.483 e. The number of halogens is 6. The van der Waals surface area contributed by atoms with Gasteiger partial charge in [-0.1, -0.05) is 34.6 Å². The van der Waals surface area contributed by atoms with Gasteiger partial charge >= 0.3 is 12.4 Å². The van der Waals surface area contributed by atoms with Gasteiger partial charge < -0.3 is 9.30 Å². The predicted octanol–water partition coefficient (Wildman–Crippen LogP) is 6.20.